The Balaban J connectivity index is 1.82. The Kier molecular flexibility index (Phi) is 4.29. The van der Waals surface area contributed by atoms with E-state index < -0.39 is 5.41 Å². The fourth-order valence-corrected chi connectivity index (χ4v) is 3.06. The maximum absolute atomic E-state index is 14.3. The monoisotopic (exact) mass is 341 g/mol. The molecule has 1 heterocycles. The van der Waals surface area contributed by atoms with Gasteiger partial charge in [-0.25, -0.2) is 9.37 Å². The first-order chi connectivity index (χ1) is 11.4. The Morgan fingerprint density at radius 2 is 2.08 bits per heavy atom. The van der Waals surface area contributed by atoms with E-state index in [0.717, 1.165) is 16.6 Å². The Bertz CT molecular complexity index is 937. The maximum Gasteiger partial charge on any atom is 0.128 e. The minimum atomic E-state index is -0.837. The highest BCUT2D eigenvalue weighted by Gasteiger charge is 2.23. The Labute approximate surface area is 145 Å². The van der Waals surface area contributed by atoms with Crippen molar-refractivity contribution in [3.8, 4) is 6.07 Å². The van der Waals surface area contributed by atoms with Gasteiger partial charge in [-0.1, -0.05) is 29.8 Å². The summed E-state index contributed by atoms with van der Waals surface area (Å²) in [6.45, 7) is 4.08. The molecule has 0 aliphatic rings. The zero-order valence-corrected chi connectivity index (χ0v) is 14.3. The number of benzene rings is 2. The van der Waals surface area contributed by atoms with Crippen LogP contribution in [-0.4, -0.2) is 9.55 Å². The highest BCUT2D eigenvalue weighted by Crippen LogP contribution is 2.26. The molecular weight excluding hydrogens is 325 g/mol. The van der Waals surface area contributed by atoms with Crippen LogP contribution in [0.2, 0.25) is 5.02 Å². The fraction of sp³-hybridized carbons (Fsp3) is 0.263. The molecule has 0 radical (unpaired) electrons. The molecule has 3 nitrogen and oxygen atoms in total. The summed E-state index contributed by atoms with van der Waals surface area (Å²) < 4.78 is 16.3. The number of imidazole rings is 1. The summed E-state index contributed by atoms with van der Waals surface area (Å²) in [4.78, 5) is 4.34. The van der Waals surface area contributed by atoms with E-state index in [-0.39, 0.29) is 5.82 Å². The second-order valence-corrected chi connectivity index (χ2v) is 6.75. The average molecular weight is 342 g/mol. The summed E-state index contributed by atoms with van der Waals surface area (Å²) in [5, 5.41) is 9.81. The first-order valence-electron chi connectivity index (χ1n) is 7.72. The summed E-state index contributed by atoms with van der Waals surface area (Å²) >= 11 is 6.25. The second kappa shape index (κ2) is 6.26. The van der Waals surface area contributed by atoms with E-state index in [4.69, 9.17) is 16.9 Å². The third-order valence-corrected chi connectivity index (χ3v) is 4.52. The van der Waals surface area contributed by atoms with E-state index in [1.54, 1.807) is 26.2 Å². The Morgan fingerprint density at radius 1 is 1.29 bits per heavy atom. The first-order valence-corrected chi connectivity index (χ1v) is 8.09. The molecule has 122 valence electrons. The standard InChI is InChI=1S/C19H17ClFN3/c1-19(2,11-22)14-7-6-13(10-16(14)21)8-9-24-12-23-17-5-3-4-15(20)18(17)24/h3-7,10,12H,8-9H2,1-2H3. The van der Waals surface area contributed by atoms with Gasteiger partial charge < -0.3 is 4.57 Å². The highest BCUT2D eigenvalue weighted by atomic mass is 35.5. The number of aryl methyl sites for hydroxylation is 2. The number of rotatable bonds is 4. The van der Waals surface area contributed by atoms with Crippen molar-refractivity contribution in [1.82, 2.24) is 9.55 Å². The zero-order chi connectivity index (χ0) is 17.3. The first kappa shape index (κ1) is 16.5. The van der Waals surface area contributed by atoms with E-state index in [0.29, 0.717) is 23.6 Å². The molecule has 0 unspecified atom stereocenters. The molecule has 24 heavy (non-hydrogen) atoms. The molecule has 0 aliphatic heterocycles. The van der Waals surface area contributed by atoms with Gasteiger partial charge in [-0.15, -0.1) is 0 Å². The van der Waals surface area contributed by atoms with E-state index in [2.05, 4.69) is 11.1 Å². The number of nitrogens with zero attached hydrogens (tertiary/aromatic N) is 3. The van der Waals surface area contributed by atoms with E-state index in [1.807, 2.05) is 28.8 Å². The lowest BCUT2D eigenvalue weighted by molar-refractivity contribution is 0.562. The molecule has 0 saturated heterocycles. The van der Waals surface area contributed by atoms with E-state index in [1.165, 1.54) is 6.07 Å². The summed E-state index contributed by atoms with van der Waals surface area (Å²) in [6.07, 6.45) is 2.40. The van der Waals surface area contributed by atoms with Gasteiger partial charge in [0.15, 0.2) is 0 Å². The van der Waals surface area contributed by atoms with Gasteiger partial charge in [0, 0.05) is 12.1 Å². The fourth-order valence-electron chi connectivity index (χ4n) is 2.78. The van der Waals surface area contributed by atoms with Crippen molar-refractivity contribution in [2.75, 3.05) is 0 Å². The van der Waals surface area contributed by atoms with Gasteiger partial charge in [0.05, 0.1) is 33.9 Å². The number of fused-ring (bicyclic) bond motifs is 1. The van der Waals surface area contributed by atoms with Gasteiger partial charge in [0.2, 0.25) is 0 Å². The predicted molar refractivity (Wildman–Crippen MR) is 93.5 cm³/mol. The molecule has 5 heteroatoms. The topological polar surface area (TPSA) is 41.6 Å². The Morgan fingerprint density at radius 3 is 2.79 bits per heavy atom. The molecular formula is C19H17ClFN3. The van der Waals surface area contributed by atoms with Crippen molar-refractivity contribution < 1.29 is 4.39 Å². The lowest BCUT2D eigenvalue weighted by Gasteiger charge is -2.17. The summed E-state index contributed by atoms with van der Waals surface area (Å²) in [5.74, 6) is -0.340. The van der Waals surface area contributed by atoms with Crippen LogP contribution in [0.15, 0.2) is 42.7 Å². The largest absolute Gasteiger partial charge is 0.329 e. The minimum absolute atomic E-state index is 0.340. The molecule has 0 bridgehead atoms. The molecule has 0 fully saturated rings. The van der Waals surface area contributed by atoms with Crippen molar-refractivity contribution in [3.63, 3.8) is 0 Å². The van der Waals surface area contributed by atoms with Crippen LogP contribution in [0.3, 0.4) is 0 Å². The van der Waals surface area contributed by atoms with Crippen molar-refractivity contribution in [3.05, 3.63) is 64.7 Å². The van der Waals surface area contributed by atoms with E-state index in [9.17, 15) is 4.39 Å². The molecule has 0 atom stereocenters. The normalized spacial score (nSPS) is 11.6. The molecule has 0 N–H and O–H groups in total. The zero-order valence-electron chi connectivity index (χ0n) is 13.6. The van der Waals surface area contributed by atoms with Crippen LogP contribution in [0.5, 0.6) is 0 Å². The van der Waals surface area contributed by atoms with Crippen molar-refractivity contribution in [2.24, 2.45) is 0 Å². The molecule has 0 saturated carbocycles. The van der Waals surface area contributed by atoms with Gasteiger partial charge in [0.25, 0.3) is 0 Å². The third-order valence-electron chi connectivity index (χ3n) is 4.22. The highest BCUT2D eigenvalue weighted by molar-refractivity contribution is 6.34. The summed E-state index contributed by atoms with van der Waals surface area (Å²) in [5.41, 5.74) is 2.20. The van der Waals surface area contributed by atoms with Crippen molar-refractivity contribution in [2.45, 2.75) is 32.2 Å². The second-order valence-electron chi connectivity index (χ2n) is 6.35. The number of hydrogen-bond donors (Lipinski definition) is 0. The summed E-state index contributed by atoms with van der Waals surface area (Å²) in [7, 11) is 0. The van der Waals surface area contributed by atoms with Gasteiger partial charge in [-0.2, -0.15) is 5.26 Å². The Hall–Kier alpha value is -2.38. The quantitative estimate of drug-likeness (QED) is 0.679. The summed E-state index contributed by atoms with van der Waals surface area (Å²) in [6, 6.07) is 12.8. The SMILES string of the molecule is CC(C)(C#N)c1ccc(CCn2cnc3cccc(Cl)c32)cc1F. The average Bonchev–Trinajstić information content (AvgIpc) is 2.97. The molecule has 0 amide bonds. The maximum atomic E-state index is 14.3. The molecule has 1 aromatic heterocycles. The van der Waals surface area contributed by atoms with Crippen LogP contribution >= 0.6 is 11.6 Å². The number of nitriles is 1. The van der Waals surface area contributed by atoms with Gasteiger partial charge in [0.1, 0.15) is 5.82 Å². The van der Waals surface area contributed by atoms with Gasteiger partial charge in [-0.3, -0.25) is 0 Å². The number of halogens is 2. The number of para-hydroxylation sites is 1. The van der Waals surface area contributed by atoms with Crippen LogP contribution < -0.4 is 0 Å². The molecule has 2 aromatic carbocycles. The molecule has 3 rings (SSSR count). The molecule has 0 spiro atoms. The van der Waals surface area contributed by atoms with Crippen LogP contribution in [0.1, 0.15) is 25.0 Å². The number of aromatic nitrogens is 2. The lowest BCUT2D eigenvalue weighted by atomic mass is 9.85. The lowest BCUT2D eigenvalue weighted by Crippen LogP contribution is -2.16. The third kappa shape index (κ3) is 3.00. The molecule has 3 aromatic rings. The van der Waals surface area contributed by atoms with Crippen LogP contribution in [0.25, 0.3) is 11.0 Å². The van der Waals surface area contributed by atoms with Crippen molar-refractivity contribution >= 4 is 22.6 Å². The smallest absolute Gasteiger partial charge is 0.128 e. The van der Waals surface area contributed by atoms with Crippen molar-refractivity contribution in [1.29, 1.82) is 5.26 Å². The van der Waals surface area contributed by atoms with Gasteiger partial charge in [-0.05, 0) is 44.0 Å². The van der Waals surface area contributed by atoms with E-state index >= 15 is 0 Å². The van der Waals surface area contributed by atoms with Crippen LogP contribution in [0, 0.1) is 17.1 Å². The van der Waals surface area contributed by atoms with Crippen LogP contribution in [0.4, 0.5) is 4.39 Å². The van der Waals surface area contributed by atoms with Gasteiger partial charge >= 0.3 is 0 Å². The minimum Gasteiger partial charge on any atom is -0.329 e. The molecule has 0 aliphatic carbocycles. The number of hydrogen-bond acceptors (Lipinski definition) is 2. The predicted octanol–water partition coefficient (Wildman–Crippen LogP) is 4.87. The van der Waals surface area contributed by atoms with Crippen LogP contribution in [-0.2, 0) is 18.4 Å².